The Morgan fingerprint density at radius 2 is 2.07 bits per heavy atom. The van der Waals surface area contributed by atoms with Crippen molar-refractivity contribution in [3.05, 3.63) is 0 Å². The first-order valence-electron chi connectivity index (χ1n) is 5.07. The summed E-state index contributed by atoms with van der Waals surface area (Å²) >= 11 is 0. The lowest BCUT2D eigenvalue weighted by Gasteiger charge is -2.18. The third-order valence-electron chi connectivity index (χ3n) is 1.84. The SMILES string of the molecule is CCCC(C)OC(COCC)C(=O)O. The maximum atomic E-state index is 10.7. The van der Waals surface area contributed by atoms with Gasteiger partial charge in [0.25, 0.3) is 0 Å². The molecule has 0 heterocycles. The van der Waals surface area contributed by atoms with Crippen LogP contribution in [0.1, 0.15) is 33.6 Å². The van der Waals surface area contributed by atoms with Gasteiger partial charge in [-0.25, -0.2) is 4.79 Å². The first-order chi connectivity index (χ1) is 6.61. The molecule has 4 heteroatoms. The molecular weight excluding hydrogens is 184 g/mol. The van der Waals surface area contributed by atoms with Gasteiger partial charge in [-0.1, -0.05) is 13.3 Å². The lowest BCUT2D eigenvalue weighted by molar-refractivity contribution is -0.158. The summed E-state index contributed by atoms with van der Waals surface area (Å²) in [5.41, 5.74) is 0. The van der Waals surface area contributed by atoms with Crippen LogP contribution in [-0.4, -0.2) is 36.5 Å². The fraction of sp³-hybridized carbons (Fsp3) is 0.900. The summed E-state index contributed by atoms with van der Waals surface area (Å²) in [4.78, 5) is 10.7. The number of ether oxygens (including phenoxy) is 2. The van der Waals surface area contributed by atoms with E-state index in [0.29, 0.717) is 6.61 Å². The summed E-state index contributed by atoms with van der Waals surface area (Å²) in [7, 11) is 0. The average Bonchev–Trinajstić information content (AvgIpc) is 2.12. The smallest absolute Gasteiger partial charge is 0.335 e. The van der Waals surface area contributed by atoms with Gasteiger partial charge in [0.05, 0.1) is 12.7 Å². The van der Waals surface area contributed by atoms with Crippen molar-refractivity contribution in [2.45, 2.75) is 45.8 Å². The lowest BCUT2D eigenvalue weighted by Crippen LogP contribution is -2.32. The Morgan fingerprint density at radius 1 is 1.43 bits per heavy atom. The normalized spacial score (nSPS) is 15.1. The van der Waals surface area contributed by atoms with Gasteiger partial charge in [0.2, 0.25) is 0 Å². The van der Waals surface area contributed by atoms with Crippen LogP contribution in [0, 0.1) is 0 Å². The van der Waals surface area contributed by atoms with Crippen LogP contribution in [0.3, 0.4) is 0 Å². The molecule has 0 saturated carbocycles. The Hall–Kier alpha value is -0.610. The molecule has 0 rings (SSSR count). The molecule has 0 aromatic heterocycles. The van der Waals surface area contributed by atoms with Crippen molar-refractivity contribution < 1.29 is 19.4 Å². The summed E-state index contributed by atoms with van der Waals surface area (Å²) in [5.74, 6) is -0.957. The molecule has 0 aliphatic heterocycles. The van der Waals surface area contributed by atoms with E-state index in [1.54, 1.807) is 0 Å². The number of aliphatic carboxylic acids is 1. The third kappa shape index (κ3) is 5.94. The Morgan fingerprint density at radius 3 is 2.50 bits per heavy atom. The zero-order valence-corrected chi connectivity index (χ0v) is 9.16. The number of carboxylic acid groups (broad SMARTS) is 1. The van der Waals surface area contributed by atoms with Gasteiger partial charge in [-0.2, -0.15) is 0 Å². The molecule has 0 saturated heterocycles. The monoisotopic (exact) mass is 204 g/mol. The van der Waals surface area contributed by atoms with E-state index in [9.17, 15) is 4.79 Å². The van der Waals surface area contributed by atoms with E-state index in [4.69, 9.17) is 14.6 Å². The quantitative estimate of drug-likeness (QED) is 0.653. The van der Waals surface area contributed by atoms with E-state index in [0.717, 1.165) is 12.8 Å². The Labute approximate surface area is 85.2 Å². The second kappa shape index (κ2) is 7.76. The van der Waals surface area contributed by atoms with Crippen molar-refractivity contribution in [1.29, 1.82) is 0 Å². The third-order valence-corrected chi connectivity index (χ3v) is 1.84. The van der Waals surface area contributed by atoms with Gasteiger partial charge < -0.3 is 14.6 Å². The first-order valence-corrected chi connectivity index (χ1v) is 5.07. The Bertz CT molecular complexity index is 158. The van der Waals surface area contributed by atoms with Crippen molar-refractivity contribution in [3.8, 4) is 0 Å². The van der Waals surface area contributed by atoms with Gasteiger partial charge >= 0.3 is 5.97 Å². The number of carboxylic acids is 1. The average molecular weight is 204 g/mol. The molecule has 2 atom stereocenters. The molecule has 2 unspecified atom stereocenters. The number of carbonyl (C=O) groups is 1. The van der Waals surface area contributed by atoms with Crippen molar-refractivity contribution in [2.75, 3.05) is 13.2 Å². The summed E-state index contributed by atoms with van der Waals surface area (Å²) in [6.07, 6.45) is 0.996. The Kier molecular flexibility index (Phi) is 7.42. The highest BCUT2D eigenvalue weighted by Crippen LogP contribution is 2.05. The van der Waals surface area contributed by atoms with E-state index < -0.39 is 12.1 Å². The molecule has 0 aromatic rings. The van der Waals surface area contributed by atoms with Gasteiger partial charge in [0.15, 0.2) is 6.10 Å². The molecule has 0 aromatic carbocycles. The van der Waals surface area contributed by atoms with E-state index in [1.165, 1.54) is 0 Å². The van der Waals surface area contributed by atoms with Crippen molar-refractivity contribution in [3.63, 3.8) is 0 Å². The molecule has 0 aliphatic rings. The second-order valence-electron chi connectivity index (χ2n) is 3.22. The van der Waals surface area contributed by atoms with Crippen LogP contribution in [0.15, 0.2) is 0 Å². The van der Waals surface area contributed by atoms with Crippen molar-refractivity contribution in [2.24, 2.45) is 0 Å². The molecule has 4 nitrogen and oxygen atoms in total. The highest BCUT2D eigenvalue weighted by Gasteiger charge is 2.20. The number of hydrogen-bond acceptors (Lipinski definition) is 3. The molecule has 0 spiro atoms. The Balaban J connectivity index is 3.89. The number of hydrogen-bond donors (Lipinski definition) is 1. The molecule has 84 valence electrons. The predicted octanol–water partition coefficient (Wildman–Crippen LogP) is 1.68. The van der Waals surface area contributed by atoms with Crippen LogP contribution in [0.5, 0.6) is 0 Å². The highest BCUT2D eigenvalue weighted by atomic mass is 16.6. The fourth-order valence-electron chi connectivity index (χ4n) is 1.15. The molecule has 0 amide bonds. The van der Waals surface area contributed by atoms with Gasteiger partial charge in [0.1, 0.15) is 0 Å². The highest BCUT2D eigenvalue weighted by molar-refractivity contribution is 5.72. The fourth-order valence-corrected chi connectivity index (χ4v) is 1.15. The van der Waals surface area contributed by atoms with Gasteiger partial charge in [-0.3, -0.25) is 0 Å². The van der Waals surface area contributed by atoms with Gasteiger partial charge in [-0.15, -0.1) is 0 Å². The van der Waals surface area contributed by atoms with E-state index >= 15 is 0 Å². The van der Waals surface area contributed by atoms with Gasteiger partial charge in [-0.05, 0) is 20.3 Å². The van der Waals surface area contributed by atoms with E-state index in [1.807, 2.05) is 20.8 Å². The number of rotatable bonds is 8. The summed E-state index contributed by atoms with van der Waals surface area (Å²) in [5, 5.41) is 8.81. The molecule has 0 bridgehead atoms. The second-order valence-corrected chi connectivity index (χ2v) is 3.22. The van der Waals surface area contributed by atoms with Crippen LogP contribution in [0.25, 0.3) is 0 Å². The largest absolute Gasteiger partial charge is 0.479 e. The topological polar surface area (TPSA) is 55.8 Å². The predicted molar refractivity (Wildman–Crippen MR) is 53.4 cm³/mol. The van der Waals surface area contributed by atoms with E-state index in [-0.39, 0.29) is 12.7 Å². The summed E-state index contributed by atoms with van der Waals surface area (Å²) < 4.78 is 10.4. The van der Waals surface area contributed by atoms with E-state index in [2.05, 4.69) is 0 Å². The van der Waals surface area contributed by atoms with Crippen molar-refractivity contribution >= 4 is 5.97 Å². The van der Waals surface area contributed by atoms with Crippen LogP contribution < -0.4 is 0 Å². The molecule has 0 radical (unpaired) electrons. The maximum absolute atomic E-state index is 10.7. The lowest BCUT2D eigenvalue weighted by atomic mass is 10.2. The van der Waals surface area contributed by atoms with Crippen molar-refractivity contribution in [1.82, 2.24) is 0 Å². The zero-order valence-electron chi connectivity index (χ0n) is 9.16. The molecule has 0 aliphatic carbocycles. The molecular formula is C10H20O4. The minimum Gasteiger partial charge on any atom is -0.479 e. The van der Waals surface area contributed by atoms with Crippen LogP contribution in [-0.2, 0) is 14.3 Å². The molecule has 0 fully saturated rings. The molecule has 14 heavy (non-hydrogen) atoms. The standard InChI is InChI=1S/C10H20O4/c1-4-6-8(3)14-9(10(11)12)7-13-5-2/h8-9H,4-7H2,1-3H3,(H,11,12). The molecule has 1 N–H and O–H groups in total. The van der Waals surface area contributed by atoms with Crippen LogP contribution >= 0.6 is 0 Å². The maximum Gasteiger partial charge on any atom is 0.335 e. The summed E-state index contributed by atoms with van der Waals surface area (Å²) in [6, 6.07) is 0. The van der Waals surface area contributed by atoms with Crippen LogP contribution in [0.2, 0.25) is 0 Å². The van der Waals surface area contributed by atoms with Gasteiger partial charge in [0, 0.05) is 6.61 Å². The first kappa shape index (κ1) is 13.4. The zero-order chi connectivity index (χ0) is 11.0. The summed E-state index contributed by atoms with van der Waals surface area (Å²) in [6.45, 7) is 6.38. The van der Waals surface area contributed by atoms with Crippen LogP contribution in [0.4, 0.5) is 0 Å². The minimum absolute atomic E-state index is 0.0263. The minimum atomic E-state index is -0.957.